The molecule has 2 aromatic rings. The summed E-state index contributed by atoms with van der Waals surface area (Å²) in [5.41, 5.74) is 8.63. The molecule has 1 nitrogen and oxygen atoms in total. The Kier molecular flexibility index (Phi) is 3.72. The average molecular weight is 257 g/mol. The van der Waals surface area contributed by atoms with Crippen LogP contribution in [-0.4, -0.2) is 6.54 Å². The van der Waals surface area contributed by atoms with E-state index in [2.05, 4.69) is 0 Å². The molecule has 0 saturated heterocycles. The van der Waals surface area contributed by atoms with Crippen LogP contribution in [0.5, 0.6) is 0 Å². The minimum absolute atomic E-state index is 0.0552. The van der Waals surface area contributed by atoms with Gasteiger partial charge in [0.2, 0.25) is 0 Å². The molecule has 2 heteroatoms. The lowest BCUT2D eigenvalue weighted by atomic mass is 9.84. The fraction of sp³-hybridized carbons (Fsp3) is 0.294. The van der Waals surface area contributed by atoms with Crippen molar-refractivity contribution in [1.29, 1.82) is 0 Å². The Morgan fingerprint density at radius 2 is 1.53 bits per heavy atom. The molecule has 0 aromatic heterocycles. The second kappa shape index (κ2) is 5.14. The number of aryl methyl sites for hydroxylation is 3. The molecule has 2 rings (SSSR count). The Morgan fingerprint density at radius 1 is 0.947 bits per heavy atom. The highest BCUT2D eigenvalue weighted by atomic mass is 19.1. The highest BCUT2D eigenvalue weighted by molar-refractivity contribution is 5.45. The number of rotatable bonds is 3. The third-order valence-corrected chi connectivity index (χ3v) is 3.78. The molecule has 0 amide bonds. The van der Waals surface area contributed by atoms with Crippen LogP contribution in [0.4, 0.5) is 4.39 Å². The van der Waals surface area contributed by atoms with Gasteiger partial charge in [0.25, 0.3) is 0 Å². The summed E-state index contributed by atoms with van der Waals surface area (Å²) in [5.74, 6) is 0. The van der Waals surface area contributed by atoms with Crippen molar-refractivity contribution in [3.05, 3.63) is 70.3 Å². The maximum absolute atomic E-state index is 15.4. The number of hydrogen-bond acceptors (Lipinski definition) is 1. The van der Waals surface area contributed by atoms with Gasteiger partial charge in [0, 0.05) is 6.54 Å². The Morgan fingerprint density at radius 3 is 2.11 bits per heavy atom. The first kappa shape index (κ1) is 13.8. The van der Waals surface area contributed by atoms with Gasteiger partial charge in [-0.1, -0.05) is 42.5 Å². The fourth-order valence-corrected chi connectivity index (χ4v) is 2.47. The predicted octanol–water partition coefficient (Wildman–Crippen LogP) is 3.78. The van der Waals surface area contributed by atoms with Crippen molar-refractivity contribution < 1.29 is 4.39 Å². The normalized spacial score (nSPS) is 14.2. The molecule has 0 radical (unpaired) electrons. The van der Waals surface area contributed by atoms with Crippen LogP contribution in [0.25, 0.3) is 0 Å². The molecule has 0 fully saturated rings. The van der Waals surface area contributed by atoms with Gasteiger partial charge in [0.1, 0.15) is 0 Å². The van der Waals surface area contributed by atoms with E-state index in [0.29, 0.717) is 11.1 Å². The highest BCUT2D eigenvalue weighted by Gasteiger charge is 2.34. The third-order valence-electron chi connectivity index (χ3n) is 3.78. The summed E-state index contributed by atoms with van der Waals surface area (Å²) in [6.07, 6.45) is 0. The number of hydrogen-bond donors (Lipinski definition) is 1. The summed E-state index contributed by atoms with van der Waals surface area (Å²) in [5, 5.41) is 0. The van der Waals surface area contributed by atoms with E-state index in [4.69, 9.17) is 5.73 Å². The second-order valence-electron chi connectivity index (χ2n) is 5.12. The van der Waals surface area contributed by atoms with Crippen LogP contribution in [0.2, 0.25) is 0 Å². The van der Waals surface area contributed by atoms with Crippen molar-refractivity contribution in [2.24, 2.45) is 5.73 Å². The number of halogens is 1. The topological polar surface area (TPSA) is 26.0 Å². The maximum atomic E-state index is 15.4. The van der Waals surface area contributed by atoms with Crippen LogP contribution in [-0.2, 0) is 5.67 Å². The Hall–Kier alpha value is -1.67. The number of benzene rings is 2. The number of nitrogens with two attached hydrogens (primary N) is 1. The minimum Gasteiger partial charge on any atom is -0.327 e. The van der Waals surface area contributed by atoms with Crippen LogP contribution < -0.4 is 5.73 Å². The molecule has 0 bridgehead atoms. The number of alkyl halides is 1. The molecule has 100 valence electrons. The minimum atomic E-state index is -1.62. The van der Waals surface area contributed by atoms with Crippen molar-refractivity contribution in [3.8, 4) is 0 Å². The van der Waals surface area contributed by atoms with Gasteiger partial charge in [-0.25, -0.2) is 4.39 Å². The largest absolute Gasteiger partial charge is 0.327 e. The van der Waals surface area contributed by atoms with Crippen molar-refractivity contribution in [2.75, 3.05) is 6.54 Å². The first-order chi connectivity index (χ1) is 8.99. The fourth-order valence-electron chi connectivity index (χ4n) is 2.47. The quantitative estimate of drug-likeness (QED) is 0.889. The Bertz CT molecular complexity index is 577. The van der Waals surface area contributed by atoms with Gasteiger partial charge in [0.15, 0.2) is 5.67 Å². The molecule has 0 heterocycles. The summed E-state index contributed by atoms with van der Waals surface area (Å²) in [4.78, 5) is 0. The van der Waals surface area contributed by atoms with E-state index in [0.717, 1.165) is 11.1 Å². The maximum Gasteiger partial charge on any atom is 0.173 e. The monoisotopic (exact) mass is 257 g/mol. The van der Waals surface area contributed by atoms with E-state index in [1.54, 1.807) is 12.1 Å². The van der Waals surface area contributed by atoms with Crippen LogP contribution in [0, 0.1) is 20.8 Å². The van der Waals surface area contributed by atoms with Crippen molar-refractivity contribution >= 4 is 0 Å². The summed E-state index contributed by atoms with van der Waals surface area (Å²) < 4.78 is 15.4. The van der Waals surface area contributed by atoms with E-state index >= 15 is 4.39 Å². The lowest BCUT2D eigenvalue weighted by Crippen LogP contribution is -2.32. The summed E-state index contributed by atoms with van der Waals surface area (Å²) in [6.45, 7) is 5.92. The summed E-state index contributed by atoms with van der Waals surface area (Å²) in [7, 11) is 0. The predicted molar refractivity (Wildman–Crippen MR) is 78.0 cm³/mol. The lowest BCUT2D eigenvalue weighted by molar-refractivity contribution is 0.231. The van der Waals surface area contributed by atoms with Crippen molar-refractivity contribution in [1.82, 2.24) is 0 Å². The molecule has 19 heavy (non-hydrogen) atoms. The smallest absolute Gasteiger partial charge is 0.173 e. The zero-order valence-corrected chi connectivity index (χ0v) is 11.7. The molecule has 0 spiro atoms. The van der Waals surface area contributed by atoms with E-state index in [-0.39, 0.29) is 6.54 Å². The van der Waals surface area contributed by atoms with E-state index in [1.165, 1.54) is 5.56 Å². The lowest BCUT2D eigenvalue weighted by Gasteiger charge is -2.27. The standard InChI is InChI=1S/C17H20FN/c1-12-9-14(3)16(10-13(12)2)17(18,11-19)15-7-5-4-6-8-15/h4-10H,11,19H2,1-3H3. The Labute approximate surface area is 114 Å². The first-order valence-corrected chi connectivity index (χ1v) is 6.52. The third kappa shape index (κ3) is 2.41. The van der Waals surface area contributed by atoms with Crippen molar-refractivity contribution in [3.63, 3.8) is 0 Å². The van der Waals surface area contributed by atoms with E-state index < -0.39 is 5.67 Å². The molecule has 0 saturated carbocycles. The average Bonchev–Trinajstić information content (AvgIpc) is 2.43. The molecule has 1 unspecified atom stereocenters. The van der Waals surface area contributed by atoms with Gasteiger partial charge in [-0.2, -0.15) is 0 Å². The van der Waals surface area contributed by atoms with Gasteiger partial charge >= 0.3 is 0 Å². The molecular formula is C17H20FN. The highest BCUT2D eigenvalue weighted by Crippen LogP contribution is 2.36. The van der Waals surface area contributed by atoms with E-state index in [1.807, 2.05) is 51.1 Å². The van der Waals surface area contributed by atoms with Gasteiger partial charge in [-0.05, 0) is 48.6 Å². The molecule has 0 aliphatic carbocycles. The van der Waals surface area contributed by atoms with Gasteiger partial charge in [-0.3, -0.25) is 0 Å². The molecule has 0 aliphatic heterocycles. The first-order valence-electron chi connectivity index (χ1n) is 6.52. The van der Waals surface area contributed by atoms with Crippen LogP contribution >= 0.6 is 0 Å². The van der Waals surface area contributed by atoms with Crippen molar-refractivity contribution in [2.45, 2.75) is 26.4 Å². The van der Waals surface area contributed by atoms with Gasteiger partial charge < -0.3 is 5.73 Å². The molecule has 1 atom stereocenters. The summed E-state index contributed by atoms with van der Waals surface area (Å²) in [6, 6.07) is 13.1. The zero-order chi connectivity index (χ0) is 14.0. The molecular weight excluding hydrogens is 237 g/mol. The van der Waals surface area contributed by atoms with E-state index in [9.17, 15) is 0 Å². The van der Waals surface area contributed by atoms with Gasteiger partial charge in [0.05, 0.1) is 0 Å². The molecule has 0 aliphatic rings. The van der Waals surface area contributed by atoms with Crippen LogP contribution in [0.1, 0.15) is 27.8 Å². The Balaban J connectivity index is 2.63. The SMILES string of the molecule is Cc1cc(C)c(C(F)(CN)c2ccccc2)cc1C. The summed E-state index contributed by atoms with van der Waals surface area (Å²) >= 11 is 0. The zero-order valence-electron chi connectivity index (χ0n) is 11.7. The molecule has 2 aromatic carbocycles. The van der Waals surface area contributed by atoms with Gasteiger partial charge in [-0.15, -0.1) is 0 Å². The van der Waals surface area contributed by atoms with Crippen LogP contribution in [0.3, 0.4) is 0 Å². The second-order valence-corrected chi connectivity index (χ2v) is 5.12. The van der Waals surface area contributed by atoms with Crippen LogP contribution in [0.15, 0.2) is 42.5 Å². The molecule has 2 N–H and O–H groups in total.